The monoisotopic (exact) mass is 154 g/mol. The van der Waals surface area contributed by atoms with E-state index in [0.29, 0.717) is 0 Å². The Balaban J connectivity index is 2.54. The molecule has 0 nitrogen and oxygen atoms in total. The van der Waals surface area contributed by atoms with Crippen molar-refractivity contribution in [3.05, 3.63) is 0 Å². The molecule has 1 aliphatic rings. The first kappa shape index (κ1) is 7.32. The smallest absolute Gasteiger partial charge is 0.0578 e. The summed E-state index contributed by atoms with van der Waals surface area (Å²) in [6, 6.07) is 0. The number of rotatable bonds is 0. The summed E-state index contributed by atoms with van der Waals surface area (Å²) in [6.07, 6.45) is 0. The summed E-state index contributed by atoms with van der Waals surface area (Å²) in [5.74, 6) is 0.840. The zero-order chi connectivity index (χ0) is 7.07. The average Bonchev–Trinajstić information content (AvgIpc) is 1.79. The molecular formula is C6H12F2S. The molecule has 1 rings (SSSR count). The lowest BCUT2D eigenvalue weighted by Crippen LogP contribution is -2.01. The number of halogens is 2. The van der Waals surface area contributed by atoms with Crippen LogP contribution in [0, 0.1) is 11.8 Å². The predicted octanol–water partition coefficient (Wildman–Crippen LogP) is 2.85. The Morgan fingerprint density at radius 3 is 1.56 bits per heavy atom. The van der Waals surface area contributed by atoms with Crippen molar-refractivity contribution in [1.29, 1.82) is 0 Å². The highest BCUT2D eigenvalue weighted by Crippen LogP contribution is 2.60. The van der Waals surface area contributed by atoms with Gasteiger partial charge in [-0.25, -0.2) is 0 Å². The molecule has 9 heavy (non-hydrogen) atoms. The highest BCUT2D eigenvalue weighted by molar-refractivity contribution is 8.25. The van der Waals surface area contributed by atoms with Crippen LogP contribution in [0.5, 0.6) is 0 Å². The van der Waals surface area contributed by atoms with E-state index in [1.807, 2.05) is 13.8 Å². The Hall–Kier alpha value is 0.210. The molecule has 0 radical (unpaired) electrons. The van der Waals surface area contributed by atoms with Crippen LogP contribution in [0.4, 0.5) is 7.77 Å². The van der Waals surface area contributed by atoms with Gasteiger partial charge in [0.15, 0.2) is 0 Å². The molecule has 2 atom stereocenters. The van der Waals surface area contributed by atoms with Crippen LogP contribution in [0.3, 0.4) is 0 Å². The zero-order valence-corrected chi connectivity index (χ0v) is 6.55. The summed E-state index contributed by atoms with van der Waals surface area (Å²) in [5, 5.41) is 0. The molecule has 0 aliphatic carbocycles. The van der Waals surface area contributed by atoms with E-state index in [1.54, 1.807) is 0 Å². The fraction of sp³-hybridized carbons (Fsp3) is 1.00. The maximum Gasteiger partial charge on any atom is 0.0578 e. The molecule has 2 unspecified atom stereocenters. The quantitative estimate of drug-likeness (QED) is 0.503. The van der Waals surface area contributed by atoms with Crippen molar-refractivity contribution in [3.8, 4) is 0 Å². The van der Waals surface area contributed by atoms with Crippen LogP contribution in [0.25, 0.3) is 0 Å². The predicted molar refractivity (Wildman–Crippen MR) is 37.9 cm³/mol. The van der Waals surface area contributed by atoms with E-state index in [4.69, 9.17) is 0 Å². The molecule has 0 aromatic carbocycles. The van der Waals surface area contributed by atoms with Crippen LogP contribution in [0.2, 0.25) is 0 Å². The van der Waals surface area contributed by atoms with Gasteiger partial charge in [-0.05, 0) is 11.8 Å². The first-order chi connectivity index (χ1) is 4.01. The van der Waals surface area contributed by atoms with Gasteiger partial charge in [0, 0.05) is 11.5 Å². The fourth-order valence-corrected chi connectivity index (χ4v) is 3.50. The van der Waals surface area contributed by atoms with Gasteiger partial charge in [0.1, 0.15) is 0 Å². The number of hydrogen-bond acceptors (Lipinski definition) is 0. The van der Waals surface area contributed by atoms with Gasteiger partial charge in [-0.3, -0.25) is 0 Å². The third-order valence-electron chi connectivity index (χ3n) is 1.98. The molecule has 1 aliphatic heterocycles. The second-order valence-electron chi connectivity index (χ2n) is 2.99. The molecule has 0 bridgehead atoms. The van der Waals surface area contributed by atoms with Gasteiger partial charge < -0.3 is 0 Å². The summed E-state index contributed by atoms with van der Waals surface area (Å²) in [4.78, 5) is 0. The summed E-state index contributed by atoms with van der Waals surface area (Å²) in [5.41, 5.74) is 0. The van der Waals surface area contributed by atoms with Gasteiger partial charge >= 0.3 is 0 Å². The summed E-state index contributed by atoms with van der Waals surface area (Å²) >= 11 is 0. The maximum atomic E-state index is 12.5. The highest BCUT2D eigenvalue weighted by atomic mass is 32.3. The molecular weight excluding hydrogens is 142 g/mol. The second-order valence-corrected chi connectivity index (χ2v) is 5.05. The Morgan fingerprint density at radius 2 is 1.44 bits per heavy atom. The van der Waals surface area contributed by atoms with Crippen molar-refractivity contribution in [1.82, 2.24) is 0 Å². The third kappa shape index (κ3) is 1.57. The van der Waals surface area contributed by atoms with Gasteiger partial charge in [-0.2, -0.15) is 7.77 Å². The van der Waals surface area contributed by atoms with Crippen molar-refractivity contribution >= 4 is 10.8 Å². The standard InChI is InChI=1S/C6H12F2S/c1-5-3-9(7,8)4-6(5)2/h5-6H,3-4H2,1-2H3. The van der Waals surface area contributed by atoms with Crippen LogP contribution in [0.1, 0.15) is 13.8 Å². The van der Waals surface area contributed by atoms with Gasteiger partial charge in [0.05, 0.1) is 10.8 Å². The van der Waals surface area contributed by atoms with Crippen molar-refractivity contribution in [2.75, 3.05) is 11.5 Å². The Labute approximate surface area is 56.5 Å². The van der Waals surface area contributed by atoms with Crippen LogP contribution in [0.15, 0.2) is 0 Å². The topological polar surface area (TPSA) is 0 Å². The van der Waals surface area contributed by atoms with Crippen LogP contribution >= 0.6 is 10.8 Å². The molecule has 0 aromatic heterocycles. The van der Waals surface area contributed by atoms with E-state index in [1.165, 1.54) is 0 Å². The van der Waals surface area contributed by atoms with Crippen LogP contribution < -0.4 is 0 Å². The van der Waals surface area contributed by atoms with Crippen molar-refractivity contribution < 1.29 is 7.77 Å². The first-order valence-electron chi connectivity index (χ1n) is 3.19. The minimum Gasteiger partial charge on any atom is -0.158 e. The van der Waals surface area contributed by atoms with E-state index < -0.39 is 10.8 Å². The largest absolute Gasteiger partial charge is 0.158 e. The summed E-state index contributed by atoms with van der Waals surface area (Å²) in [7, 11) is -3.14. The molecule has 3 heteroatoms. The second kappa shape index (κ2) is 2.11. The lowest BCUT2D eigenvalue weighted by Gasteiger charge is -2.11. The minimum atomic E-state index is -3.14. The zero-order valence-electron chi connectivity index (χ0n) is 5.73. The van der Waals surface area contributed by atoms with Gasteiger partial charge in [0.2, 0.25) is 0 Å². The van der Waals surface area contributed by atoms with E-state index >= 15 is 0 Å². The molecule has 1 heterocycles. The van der Waals surface area contributed by atoms with Gasteiger partial charge in [-0.1, -0.05) is 13.8 Å². The summed E-state index contributed by atoms with van der Waals surface area (Å²) < 4.78 is 25.1. The van der Waals surface area contributed by atoms with Crippen molar-refractivity contribution in [3.63, 3.8) is 0 Å². The lowest BCUT2D eigenvalue weighted by atomic mass is 10.0. The molecule has 1 saturated heterocycles. The molecule has 0 saturated carbocycles. The third-order valence-corrected chi connectivity index (χ3v) is 4.01. The van der Waals surface area contributed by atoms with Gasteiger partial charge in [-0.15, -0.1) is 0 Å². The first-order valence-corrected chi connectivity index (χ1v) is 4.96. The van der Waals surface area contributed by atoms with E-state index in [0.717, 1.165) is 0 Å². The molecule has 0 aromatic rings. The molecule has 0 amide bonds. The van der Waals surface area contributed by atoms with E-state index in [2.05, 4.69) is 0 Å². The number of hydrogen-bond donors (Lipinski definition) is 0. The summed E-state index contributed by atoms with van der Waals surface area (Å²) in [6.45, 7) is 3.83. The fourth-order valence-electron chi connectivity index (χ4n) is 1.17. The van der Waals surface area contributed by atoms with E-state index in [-0.39, 0.29) is 23.3 Å². The minimum absolute atomic E-state index is 0.175. The lowest BCUT2D eigenvalue weighted by molar-refractivity contribution is 0.494. The van der Waals surface area contributed by atoms with Crippen LogP contribution in [-0.2, 0) is 0 Å². The Bertz CT molecular complexity index is 102. The Morgan fingerprint density at radius 1 is 1.11 bits per heavy atom. The maximum absolute atomic E-state index is 12.5. The normalized spacial score (nSPS) is 44.9. The SMILES string of the molecule is CC1CS(F)(F)CC1C. The van der Waals surface area contributed by atoms with Crippen molar-refractivity contribution in [2.45, 2.75) is 13.8 Å². The average molecular weight is 154 g/mol. The van der Waals surface area contributed by atoms with Crippen LogP contribution in [-0.4, -0.2) is 11.5 Å². The van der Waals surface area contributed by atoms with E-state index in [9.17, 15) is 7.77 Å². The molecule has 0 N–H and O–H groups in total. The highest BCUT2D eigenvalue weighted by Gasteiger charge is 2.37. The van der Waals surface area contributed by atoms with Crippen molar-refractivity contribution in [2.24, 2.45) is 11.8 Å². The van der Waals surface area contributed by atoms with Gasteiger partial charge in [0.25, 0.3) is 0 Å². The molecule has 0 spiro atoms. The molecule has 56 valence electrons. The Kier molecular flexibility index (Phi) is 1.72. The molecule has 1 fully saturated rings.